The fraction of sp³-hybridized carbons (Fsp3) is 0.625. The first kappa shape index (κ1) is 20.5. The van der Waals surface area contributed by atoms with Crippen LogP contribution in [0, 0.1) is 5.92 Å². The maximum Gasteiger partial charge on any atom is 0.330 e. The van der Waals surface area contributed by atoms with Crippen molar-refractivity contribution < 1.29 is 14.7 Å². The summed E-state index contributed by atoms with van der Waals surface area (Å²) in [6, 6.07) is 0. The van der Waals surface area contributed by atoms with Gasteiger partial charge >= 0.3 is 11.7 Å². The number of carbonyl (C=O) groups is 2. The van der Waals surface area contributed by atoms with E-state index in [0.717, 1.165) is 6.42 Å². The first-order valence-electron chi connectivity index (χ1n) is 8.33. The molecule has 1 aromatic rings. The number of rotatable bonds is 9. The highest BCUT2D eigenvalue weighted by molar-refractivity contribution is 5.96. The lowest BCUT2D eigenvalue weighted by Crippen LogP contribution is -2.42. The van der Waals surface area contributed by atoms with Crippen molar-refractivity contribution in [2.75, 3.05) is 17.2 Å². The lowest BCUT2D eigenvalue weighted by Gasteiger charge is -2.26. The second-order valence-corrected chi connectivity index (χ2v) is 6.29. The average molecular weight is 354 g/mol. The predicted molar refractivity (Wildman–Crippen MR) is 94.7 cm³/mol. The third kappa shape index (κ3) is 5.47. The number of aliphatic carboxylic acids is 1. The number of nitrogens with one attached hydrogen (secondary N) is 1. The number of hydrogen-bond donors (Lipinski definition) is 3. The molecule has 0 bridgehead atoms. The number of H-pyrrole nitrogens is 1. The number of carboxylic acid groups (broad SMARTS) is 1. The molecule has 0 aliphatic heterocycles. The summed E-state index contributed by atoms with van der Waals surface area (Å²) in [6.07, 6.45) is 0.913. The van der Waals surface area contributed by atoms with Crippen molar-refractivity contribution in [3.8, 4) is 0 Å². The summed E-state index contributed by atoms with van der Waals surface area (Å²) in [5, 5.41) is 8.77. The number of carboxylic acids is 1. The van der Waals surface area contributed by atoms with Crippen molar-refractivity contribution in [3.05, 3.63) is 20.8 Å². The first-order valence-corrected chi connectivity index (χ1v) is 8.33. The van der Waals surface area contributed by atoms with Crippen LogP contribution in [-0.2, 0) is 16.1 Å². The monoisotopic (exact) mass is 354 g/mol. The van der Waals surface area contributed by atoms with Gasteiger partial charge in [-0.3, -0.25) is 23.9 Å². The van der Waals surface area contributed by atoms with Gasteiger partial charge in [-0.05, 0) is 12.3 Å². The van der Waals surface area contributed by atoms with Crippen LogP contribution in [0.1, 0.15) is 46.5 Å². The second kappa shape index (κ2) is 9.05. The number of carbonyl (C=O) groups excluding carboxylic acids is 1. The third-order valence-electron chi connectivity index (χ3n) is 3.62. The average Bonchev–Trinajstić information content (AvgIpc) is 2.50. The predicted octanol–water partition coefficient (Wildman–Crippen LogP) is 0.773. The number of amides is 1. The number of nitrogen functional groups attached to an aromatic ring is 1. The standard InChI is InChI=1S/C16H26N4O5/c1-4-5-8-19-14(17)13(15(24)18-16(19)25)20(9-10(2)3)11(21)6-7-12(22)23/h10H,4-9,17H2,1-3H3,(H,22,23)(H,18,24,25). The molecule has 1 heterocycles. The van der Waals surface area contributed by atoms with Gasteiger partial charge in [0.15, 0.2) is 5.69 Å². The zero-order valence-electron chi connectivity index (χ0n) is 14.9. The van der Waals surface area contributed by atoms with Crippen LogP contribution in [0.5, 0.6) is 0 Å². The normalized spacial score (nSPS) is 10.9. The molecule has 1 aromatic heterocycles. The molecule has 140 valence electrons. The van der Waals surface area contributed by atoms with E-state index in [1.165, 1.54) is 9.47 Å². The van der Waals surface area contributed by atoms with Gasteiger partial charge in [-0.25, -0.2) is 4.79 Å². The number of unbranched alkanes of at least 4 members (excludes halogenated alkanes) is 1. The molecule has 1 amide bonds. The maximum atomic E-state index is 12.5. The molecule has 0 unspecified atom stereocenters. The van der Waals surface area contributed by atoms with E-state index in [-0.39, 0.29) is 36.8 Å². The minimum absolute atomic E-state index is 0.0172. The van der Waals surface area contributed by atoms with E-state index in [2.05, 4.69) is 4.98 Å². The Morgan fingerprint density at radius 3 is 2.44 bits per heavy atom. The number of aromatic amines is 1. The van der Waals surface area contributed by atoms with Crippen LogP contribution < -0.4 is 21.9 Å². The van der Waals surface area contributed by atoms with E-state index >= 15 is 0 Å². The lowest BCUT2D eigenvalue weighted by atomic mass is 10.1. The minimum atomic E-state index is -1.10. The number of anilines is 2. The highest BCUT2D eigenvalue weighted by Gasteiger charge is 2.25. The van der Waals surface area contributed by atoms with E-state index in [1.54, 1.807) is 0 Å². The Morgan fingerprint density at radius 2 is 1.92 bits per heavy atom. The van der Waals surface area contributed by atoms with Crippen molar-refractivity contribution in [3.63, 3.8) is 0 Å². The fourth-order valence-corrected chi connectivity index (χ4v) is 2.41. The molecule has 0 aliphatic carbocycles. The smallest absolute Gasteiger partial charge is 0.330 e. The van der Waals surface area contributed by atoms with Gasteiger partial charge in [0, 0.05) is 19.5 Å². The first-order chi connectivity index (χ1) is 11.7. The van der Waals surface area contributed by atoms with Crippen molar-refractivity contribution in [1.29, 1.82) is 0 Å². The zero-order chi connectivity index (χ0) is 19.1. The van der Waals surface area contributed by atoms with Gasteiger partial charge in [-0.15, -0.1) is 0 Å². The molecule has 0 radical (unpaired) electrons. The van der Waals surface area contributed by atoms with Gasteiger partial charge in [0.25, 0.3) is 5.56 Å². The molecule has 0 saturated carbocycles. The summed E-state index contributed by atoms with van der Waals surface area (Å²) in [5.41, 5.74) is 4.56. The SMILES string of the molecule is CCCCn1c(N)c(N(CC(C)C)C(=O)CCC(=O)O)c(=O)[nH]c1=O. The van der Waals surface area contributed by atoms with Gasteiger partial charge in [-0.1, -0.05) is 27.2 Å². The molecule has 0 fully saturated rings. The highest BCUT2D eigenvalue weighted by Crippen LogP contribution is 2.20. The van der Waals surface area contributed by atoms with E-state index in [0.29, 0.717) is 13.0 Å². The topological polar surface area (TPSA) is 138 Å². The van der Waals surface area contributed by atoms with Gasteiger partial charge in [0.05, 0.1) is 6.42 Å². The van der Waals surface area contributed by atoms with Crippen molar-refractivity contribution in [2.24, 2.45) is 5.92 Å². The number of aromatic nitrogens is 2. The van der Waals surface area contributed by atoms with Crippen LogP contribution >= 0.6 is 0 Å². The molecule has 1 rings (SSSR count). The van der Waals surface area contributed by atoms with Crippen molar-refractivity contribution >= 4 is 23.4 Å². The van der Waals surface area contributed by atoms with Gasteiger partial charge < -0.3 is 15.7 Å². The quantitative estimate of drug-likeness (QED) is 0.599. The van der Waals surface area contributed by atoms with Crippen LogP contribution in [0.3, 0.4) is 0 Å². The Balaban J connectivity index is 3.37. The largest absolute Gasteiger partial charge is 0.481 e. The lowest BCUT2D eigenvalue weighted by molar-refractivity contribution is -0.138. The number of nitrogens with two attached hydrogens (primary N) is 1. The van der Waals surface area contributed by atoms with E-state index in [9.17, 15) is 19.2 Å². The summed E-state index contributed by atoms with van der Waals surface area (Å²) in [5.74, 6) is -1.68. The van der Waals surface area contributed by atoms with Gasteiger partial charge in [0.2, 0.25) is 5.91 Å². The second-order valence-electron chi connectivity index (χ2n) is 6.29. The van der Waals surface area contributed by atoms with E-state index in [4.69, 9.17) is 10.8 Å². The van der Waals surface area contributed by atoms with Crippen LogP contribution in [0.2, 0.25) is 0 Å². The minimum Gasteiger partial charge on any atom is -0.481 e. The maximum absolute atomic E-state index is 12.5. The fourth-order valence-electron chi connectivity index (χ4n) is 2.41. The van der Waals surface area contributed by atoms with Gasteiger partial charge in [-0.2, -0.15) is 0 Å². The molecule has 0 saturated heterocycles. The Labute approximate surface area is 145 Å². The van der Waals surface area contributed by atoms with Crippen LogP contribution in [0.25, 0.3) is 0 Å². The number of nitrogens with zero attached hydrogens (tertiary/aromatic N) is 2. The van der Waals surface area contributed by atoms with E-state index in [1.807, 2.05) is 20.8 Å². The number of hydrogen-bond acceptors (Lipinski definition) is 5. The molecule has 25 heavy (non-hydrogen) atoms. The molecule has 0 aromatic carbocycles. The van der Waals surface area contributed by atoms with Crippen molar-refractivity contribution in [1.82, 2.24) is 9.55 Å². The van der Waals surface area contributed by atoms with E-state index < -0.39 is 23.1 Å². The molecule has 0 spiro atoms. The van der Waals surface area contributed by atoms with Gasteiger partial charge in [0.1, 0.15) is 5.82 Å². The molecule has 4 N–H and O–H groups in total. The summed E-state index contributed by atoms with van der Waals surface area (Å²) in [7, 11) is 0. The summed E-state index contributed by atoms with van der Waals surface area (Å²) in [6.45, 7) is 6.18. The molecular weight excluding hydrogens is 328 g/mol. The summed E-state index contributed by atoms with van der Waals surface area (Å²) < 4.78 is 1.23. The summed E-state index contributed by atoms with van der Waals surface area (Å²) in [4.78, 5) is 50.9. The molecule has 9 heteroatoms. The van der Waals surface area contributed by atoms with Crippen LogP contribution in [0.15, 0.2) is 9.59 Å². The van der Waals surface area contributed by atoms with Crippen LogP contribution in [-0.4, -0.2) is 33.1 Å². The Hall–Kier alpha value is -2.58. The highest BCUT2D eigenvalue weighted by atomic mass is 16.4. The molecule has 0 atom stereocenters. The zero-order valence-corrected chi connectivity index (χ0v) is 14.9. The molecule has 0 aliphatic rings. The Bertz CT molecular complexity index is 735. The Kier molecular flexibility index (Phi) is 7.41. The molecule has 9 nitrogen and oxygen atoms in total. The third-order valence-corrected chi connectivity index (χ3v) is 3.62. The Morgan fingerprint density at radius 1 is 1.28 bits per heavy atom. The summed E-state index contributed by atoms with van der Waals surface area (Å²) >= 11 is 0. The van der Waals surface area contributed by atoms with Crippen LogP contribution in [0.4, 0.5) is 11.5 Å². The van der Waals surface area contributed by atoms with Crippen molar-refractivity contribution in [2.45, 2.75) is 53.0 Å². The molecular formula is C16H26N4O5.